The van der Waals surface area contributed by atoms with Crippen molar-refractivity contribution in [2.24, 2.45) is 0 Å². The lowest BCUT2D eigenvalue weighted by Crippen LogP contribution is -2.23. The van der Waals surface area contributed by atoms with Crippen molar-refractivity contribution in [3.63, 3.8) is 0 Å². The fourth-order valence-electron chi connectivity index (χ4n) is 3.65. The van der Waals surface area contributed by atoms with Crippen molar-refractivity contribution in [2.45, 2.75) is 18.6 Å². The topological polar surface area (TPSA) is 66.0 Å². The van der Waals surface area contributed by atoms with Gasteiger partial charge in [-0.3, -0.25) is 0 Å². The molecular formula is C29H16F6N2O2. The molecule has 0 saturated heterocycles. The summed E-state index contributed by atoms with van der Waals surface area (Å²) in [5, 5.41) is 17.6. The van der Waals surface area contributed by atoms with Crippen LogP contribution >= 0.6 is 0 Å². The lowest BCUT2D eigenvalue weighted by molar-refractivity contribution is -0.188. The van der Waals surface area contributed by atoms with Crippen molar-refractivity contribution in [1.29, 1.82) is 10.5 Å². The van der Waals surface area contributed by atoms with Crippen molar-refractivity contribution in [3.05, 3.63) is 130 Å². The Kier molecular flexibility index (Phi) is 7.50. The highest BCUT2D eigenvalue weighted by atomic mass is 19.3. The molecule has 4 rings (SSSR count). The summed E-state index contributed by atoms with van der Waals surface area (Å²) in [4.78, 5) is 0. The Bertz CT molecular complexity index is 1450. The lowest BCUT2D eigenvalue weighted by Gasteiger charge is -2.20. The molecular weight excluding hydrogens is 522 g/mol. The molecule has 10 heteroatoms. The summed E-state index contributed by atoms with van der Waals surface area (Å²) >= 11 is 0. The standard InChI is InChI=1S/C29H16F6N2O2/c30-26-14-20(5-11-24(26)28(32,33)38-22-7-1-18(16-36)2-8-22)13-21-6-12-25(27(31)15-21)29(34,35)39-23-9-3-19(17-37)4-10-23/h1-12,14-15H,13H2. The van der Waals surface area contributed by atoms with Crippen LogP contribution in [0.2, 0.25) is 0 Å². The van der Waals surface area contributed by atoms with E-state index >= 15 is 0 Å². The highest BCUT2D eigenvalue weighted by Crippen LogP contribution is 2.35. The molecule has 4 aromatic carbocycles. The van der Waals surface area contributed by atoms with Gasteiger partial charge in [0.1, 0.15) is 23.1 Å². The normalized spacial score (nSPS) is 11.4. The maximum absolute atomic E-state index is 14.6. The van der Waals surface area contributed by atoms with Crippen molar-refractivity contribution in [1.82, 2.24) is 0 Å². The van der Waals surface area contributed by atoms with Crippen LogP contribution < -0.4 is 9.47 Å². The molecule has 0 bridgehead atoms. The van der Waals surface area contributed by atoms with Crippen LogP contribution in [0.4, 0.5) is 26.3 Å². The predicted molar refractivity (Wildman–Crippen MR) is 127 cm³/mol. The van der Waals surface area contributed by atoms with Gasteiger partial charge in [0.15, 0.2) is 0 Å². The number of alkyl halides is 4. The van der Waals surface area contributed by atoms with Crippen LogP contribution in [-0.2, 0) is 18.6 Å². The average molecular weight is 538 g/mol. The average Bonchev–Trinajstić information content (AvgIpc) is 2.89. The molecule has 0 N–H and O–H groups in total. The Balaban J connectivity index is 1.47. The Morgan fingerprint density at radius 3 is 1.23 bits per heavy atom. The van der Waals surface area contributed by atoms with E-state index in [1.165, 1.54) is 36.4 Å². The first kappa shape index (κ1) is 27.1. The summed E-state index contributed by atoms with van der Waals surface area (Å²) in [5.41, 5.74) is -1.27. The van der Waals surface area contributed by atoms with Crippen LogP contribution in [0.5, 0.6) is 11.5 Å². The molecule has 4 aromatic rings. The monoisotopic (exact) mass is 538 g/mol. The second kappa shape index (κ2) is 10.8. The predicted octanol–water partition coefficient (Wildman–Crippen LogP) is 7.56. The van der Waals surface area contributed by atoms with Crippen molar-refractivity contribution >= 4 is 0 Å². The highest BCUT2D eigenvalue weighted by molar-refractivity contribution is 5.38. The molecule has 196 valence electrons. The molecule has 0 aromatic heterocycles. The van der Waals surface area contributed by atoms with Gasteiger partial charge < -0.3 is 9.47 Å². The quantitative estimate of drug-likeness (QED) is 0.217. The van der Waals surface area contributed by atoms with E-state index < -0.39 is 35.0 Å². The van der Waals surface area contributed by atoms with Gasteiger partial charge in [-0.25, -0.2) is 8.78 Å². The molecule has 0 aliphatic carbocycles. The minimum absolute atomic E-state index is 0.140. The van der Waals surface area contributed by atoms with E-state index in [9.17, 15) is 26.3 Å². The van der Waals surface area contributed by atoms with Gasteiger partial charge >= 0.3 is 12.2 Å². The van der Waals surface area contributed by atoms with Crippen molar-refractivity contribution in [3.8, 4) is 23.6 Å². The van der Waals surface area contributed by atoms with Gasteiger partial charge in [0.25, 0.3) is 0 Å². The van der Waals surface area contributed by atoms with Gasteiger partial charge in [0.05, 0.1) is 34.4 Å². The second-order valence-electron chi connectivity index (χ2n) is 8.32. The molecule has 0 aliphatic rings. The lowest BCUT2D eigenvalue weighted by atomic mass is 10.0. The SMILES string of the molecule is N#Cc1ccc(OC(F)(F)c2ccc(Cc3ccc(C(F)(F)Oc4ccc(C#N)cc4)c(F)c3)cc2F)cc1. The fourth-order valence-corrected chi connectivity index (χ4v) is 3.65. The number of ether oxygens (including phenoxy) is 2. The highest BCUT2D eigenvalue weighted by Gasteiger charge is 2.39. The third-order valence-corrected chi connectivity index (χ3v) is 5.56. The third-order valence-electron chi connectivity index (χ3n) is 5.56. The van der Waals surface area contributed by atoms with Crippen LogP contribution in [0.15, 0.2) is 84.9 Å². The largest absolute Gasteiger partial charge is 0.429 e. The minimum Gasteiger partial charge on any atom is -0.429 e. The van der Waals surface area contributed by atoms with Crippen LogP contribution in [0.3, 0.4) is 0 Å². The van der Waals surface area contributed by atoms with E-state index in [-0.39, 0.29) is 40.2 Å². The number of rotatable bonds is 8. The Labute approximate surface area is 218 Å². The summed E-state index contributed by atoms with van der Waals surface area (Å²) in [6.07, 6.45) is -8.21. The van der Waals surface area contributed by atoms with E-state index in [1.54, 1.807) is 0 Å². The first-order valence-electron chi connectivity index (χ1n) is 11.2. The Hall–Kier alpha value is -4.96. The van der Waals surface area contributed by atoms with Gasteiger partial charge in [0, 0.05) is 0 Å². The summed E-state index contributed by atoms with van der Waals surface area (Å²) < 4.78 is 96.7. The fraction of sp³-hybridized carbons (Fsp3) is 0.103. The Morgan fingerprint density at radius 1 is 0.564 bits per heavy atom. The maximum Gasteiger partial charge on any atom is 0.429 e. The molecule has 0 unspecified atom stereocenters. The second-order valence-corrected chi connectivity index (χ2v) is 8.32. The number of nitrogens with zero attached hydrogens (tertiary/aromatic N) is 2. The van der Waals surface area contributed by atoms with Gasteiger partial charge in [0.2, 0.25) is 0 Å². The summed E-state index contributed by atoms with van der Waals surface area (Å²) in [7, 11) is 0. The van der Waals surface area contributed by atoms with Gasteiger partial charge in [-0.1, -0.05) is 12.1 Å². The van der Waals surface area contributed by atoms with E-state index in [0.717, 1.165) is 48.5 Å². The zero-order chi connectivity index (χ0) is 28.2. The smallest absolute Gasteiger partial charge is 0.429 e. The molecule has 0 atom stereocenters. The number of benzene rings is 4. The van der Waals surface area contributed by atoms with Crippen LogP contribution in [0.1, 0.15) is 33.4 Å². The van der Waals surface area contributed by atoms with Crippen molar-refractivity contribution < 1.29 is 35.8 Å². The van der Waals surface area contributed by atoms with Gasteiger partial charge in [-0.2, -0.15) is 28.1 Å². The van der Waals surface area contributed by atoms with Crippen molar-refractivity contribution in [2.75, 3.05) is 0 Å². The third kappa shape index (κ3) is 6.31. The number of hydrogen-bond acceptors (Lipinski definition) is 4. The van der Waals surface area contributed by atoms with E-state index in [0.29, 0.717) is 0 Å². The summed E-state index contributed by atoms with van der Waals surface area (Å²) in [6, 6.07) is 19.0. The van der Waals surface area contributed by atoms with E-state index in [2.05, 4.69) is 9.47 Å². The van der Waals surface area contributed by atoms with Crippen LogP contribution in [0, 0.1) is 34.3 Å². The van der Waals surface area contributed by atoms with Gasteiger partial charge in [-0.05, 0) is 90.3 Å². The van der Waals surface area contributed by atoms with E-state index in [1.807, 2.05) is 12.1 Å². The van der Waals surface area contributed by atoms with Crippen LogP contribution in [-0.4, -0.2) is 0 Å². The number of nitriles is 2. The zero-order valence-corrected chi connectivity index (χ0v) is 19.8. The van der Waals surface area contributed by atoms with Crippen LogP contribution in [0.25, 0.3) is 0 Å². The summed E-state index contributed by atoms with van der Waals surface area (Å²) in [6.45, 7) is 0. The molecule has 0 fully saturated rings. The molecule has 0 aliphatic heterocycles. The van der Waals surface area contributed by atoms with E-state index in [4.69, 9.17) is 10.5 Å². The summed E-state index contributed by atoms with van der Waals surface area (Å²) in [5.74, 6) is -3.13. The molecule has 0 spiro atoms. The molecule has 0 saturated carbocycles. The molecule has 0 amide bonds. The minimum atomic E-state index is -4.04. The first-order valence-corrected chi connectivity index (χ1v) is 11.2. The first-order chi connectivity index (χ1) is 18.5. The molecule has 0 radical (unpaired) electrons. The number of hydrogen-bond donors (Lipinski definition) is 0. The zero-order valence-electron chi connectivity index (χ0n) is 19.8. The Morgan fingerprint density at radius 2 is 0.923 bits per heavy atom. The molecule has 0 heterocycles. The molecule has 4 nitrogen and oxygen atoms in total. The van der Waals surface area contributed by atoms with Gasteiger partial charge in [-0.15, -0.1) is 0 Å². The number of halogens is 6. The molecule has 39 heavy (non-hydrogen) atoms. The maximum atomic E-state index is 14.6.